The maximum absolute atomic E-state index is 12.4. The lowest BCUT2D eigenvalue weighted by atomic mass is 9.98. The Hall–Kier alpha value is -2.88. The number of carbonyl (C=O) groups excluding carboxylic acids is 2. The molecule has 0 saturated carbocycles. The Bertz CT molecular complexity index is 841. The molecule has 1 aromatic carbocycles. The van der Waals surface area contributed by atoms with E-state index in [2.05, 4.69) is 20.3 Å². The number of rotatable bonds is 4. The number of methoxy groups -OCH3 is 1. The number of carbonyl (C=O) groups is 2. The molecule has 1 amide bonds. The van der Waals surface area contributed by atoms with Crippen molar-refractivity contribution in [2.24, 2.45) is 0 Å². The van der Waals surface area contributed by atoms with E-state index >= 15 is 0 Å². The highest BCUT2D eigenvalue weighted by Crippen LogP contribution is 2.28. The molecule has 0 aliphatic rings. The molecule has 0 unspecified atom stereocenters. The van der Waals surface area contributed by atoms with Crippen LogP contribution < -0.4 is 5.32 Å². The van der Waals surface area contributed by atoms with E-state index in [1.807, 2.05) is 20.8 Å². The normalized spacial score (nSPS) is 11.0. The molecule has 1 heterocycles. The van der Waals surface area contributed by atoms with Crippen molar-refractivity contribution < 1.29 is 19.2 Å². The lowest BCUT2D eigenvalue weighted by molar-refractivity contribution is -0.384. The van der Waals surface area contributed by atoms with E-state index in [1.165, 1.54) is 17.4 Å². The third kappa shape index (κ3) is 4.35. The first-order chi connectivity index (χ1) is 11.6. The number of amides is 1. The summed E-state index contributed by atoms with van der Waals surface area (Å²) in [7, 11) is 1.15. The molecule has 132 valence electrons. The molecule has 25 heavy (non-hydrogen) atoms. The highest BCUT2D eigenvalue weighted by molar-refractivity contribution is 7.15. The summed E-state index contributed by atoms with van der Waals surface area (Å²) in [4.78, 5) is 34.3. The number of ether oxygens (including phenoxy) is 1. The number of nitrogens with one attached hydrogen (secondary N) is 1. The molecule has 9 nitrogen and oxygen atoms in total. The van der Waals surface area contributed by atoms with Gasteiger partial charge in [-0.05, 0) is 6.07 Å². The monoisotopic (exact) mass is 364 g/mol. The molecule has 0 aliphatic heterocycles. The maximum atomic E-state index is 12.4. The van der Waals surface area contributed by atoms with E-state index < -0.39 is 16.8 Å². The fourth-order valence-electron chi connectivity index (χ4n) is 1.83. The second-order valence-electron chi connectivity index (χ2n) is 6.13. The fraction of sp³-hybridized carbons (Fsp3) is 0.333. The van der Waals surface area contributed by atoms with Gasteiger partial charge in [-0.1, -0.05) is 32.1 Å². The molecule has 0 saturated heterocycles. The van der Waals surface area contributed by atoms with Gasteiger partial charge in [-0.2, -0.15) is 0 Å². The van der Waals surface area contributed by atoms with Crippen molar-refractivity contribution in [1.82, 2.24) is 10.2 Å². The Morgan fingerprint density at radius 3 is 2.36 bits per heavy atom. The van der Waals surface area contributed by atoms with Crippen molar-refractivity contribution in [3.05, 3.63) is 44.4 Å². The van der Waals surface area contributed by atoms with Crippen LogP contribution in [-0.4, -0.2) is 34.1 Å². The van der Waals surface area contributed by atoms with Crippen molar-refractivity contribution in [3.8, 4) is 0 Å². The van der Waals surface area contributed by atoms with Crippen molar-refractivity contribution >= 4 is 34.0 Å². The average Bonchev–Trinajstić information content (AvgIpc) is 3.02. The molecule has 10 heteroatoms. The summed E-state index contributed by atoms with van der Waals surface area (Å²) in [5.74, 6) is -1.41. The fourth-order valence-corrected chi connectivity index (χ4v) is 2.63. The maximum Gasteiger partial charge on any atom is 0.338 e. The second kappa shape index (κ2) is 6.93. The number of aromatic nitrogens is 2. The van der Waals surface area contributed by atoms with Crippen LogP contribution in [-0.2, 0) is 10.2 Å². The summed E-state index contributed by atoms with van der Waals surface area (Å²) in [6.45, 7) is 5.88. The van der Waals surface area contributed by atoms with Crippen LogP contribution >= 0.6 is 11.3 Å². The standard InChI is InChI=1S/C15H16N4O5S/c1-15(2,3)13-17-18-14(25-13)16-11(20)8-5-9(12(21)24-4)7-10(6-8)19(22)23/h5-7H,1-4H3,(H,16,18,20). The zero-order valence-corrected chi connectivity index (χ0v) is 14.8. The largest absolute Gasteiger partial charge is 0.465 e. The molecule has 0 aliphatic carbocycles. The van der Waals surface area contributed by atoms with Crippen molar-refractivity contribution in [2.45, 2.75) is 26.2 Å². The van der Waals surface area contributed by atoms with E-state index in [1.54, 1.807) is 0 Å². The number of anilines is 1. The van der Waals surface area contributed by atoms with E-state index in [0.29, 0.717) is 0 Å². The van der Waals surface area contributed by atoms with Gasteiger partial charge in [0.15, 0.2) is 0 Å². The van der Waals surface area contributed by atoms with Crippen LogP contribution in [0, 0.1) is 10.1 Å². The van der Waals surface area contributed by atoms with Crippen LogP contribution in [0.25, 0.3) is 0 Å². The first-order valence-electron chi connectivity index (χ1n) is 7.15. The second-order valence-corrected chi connectivity index (χ2v) is 7.11. The number of hydrogen-bond donors (Lipinski definition) is 1. The van der Waals surface area contributed by atoms with Gasteiger partial charge in [-0.15, -0.1) is 10.2 Å². The van der Waals surface area contributed by atoms with Gasteiger partial charge in [-0.3, -0.25) is 20.2 Å². The molecule has 0 spiro atoms. The first-order valence-corrected chi connectivity index (χ1v) is 7.96. The molecular formula is C15H16N4O5S. The summed E-state index contributed by atoms with van der Waals surface area (Å²) in [6.07, 6.45) is 0. The number of nitro groups is 1. The summed E-state index contributed by atoms with van der Waals surface area (Å²) in [5, 5.41) is 22.4. The van der Waals surface area contributed by atoms with Gasteiger partial charge in [0.25, 0.3) is 11.6 Å². The zero-order chi connectivity index (χ0) is 18.8. The van der Waals surface area contributed by atoms with Gasteiger partial charge in [0.1, 0.15) is 5.01 Å². The smallest absolute Gasteiger partial charge is 0.338 e. The van der Waals surface area contributed by atoms with Crippen LogP contribution in [0.1, 0.15) is 46.5 Å². The van der Waals surface area contributed by atoms with Crippen molar-refractivity contribution in [2.75, 3.05) is 12.4 Å². The minimum absolute atomic E-state index is 0.0536. The predicted octanol–water partition coefficient (Wildman–Crippen LogP) is 2.78. The van der Waals surface area contributed by atoms with E-state index in [0.717, 1.165) is 24.3 Å². The van der Waals surface area contributed by atoms with Gasteiger partial charge < -0.3 is 4.74 Å². The van der Waals surface area contributed by atoms with Crippen molar-refractivity contribution in [3.63, 3.8) is 0 Å². The molecular weight excluding hydrogens is 348 g/mol. The molecule has 0 fully saturated rings. The third-order valence-electron chi connectivity index (χ3n) is 3.10. The van der Waals surface area contributed by atoms with Gasteiger partial charge in [-0.25, -0.2) is 4.79 Å². The summed E-state index contributed by atoms with van der Waals surface area (Å²) in [5.41, 5.74) is -0.748. The highest BCUT2D eigenvalue weighted by atomic mass is 32.1. The minimum Gasteiger partial charge on any atom is -0.465 e. The topological polar surface area (TPSA) is 124 Å². The third-order valence-corrected chi connectivity index (χ3v) is 4.36. The predicted molar refractivity (Wildman–Crippen MR) is 91.0 cm³/mol. The molecule has 0 bridgehead atoms. The lowest BCUT2D eigenvalue weighted by Crippen LogP contribution is -2.14. The first kappa shape index (κ1) is 18.5. The number of benzene rings is 1. The molecule has 1 aromatic heterocycles. The van der Waals surface area contributed by atoms with Crippen LogP contribution in [0.3, 0.4) is 0 Å². The molecule has 1 N–H and O–H groups in total. The summed E-state index contributed by atoms with van der Waals surface area (Å²) < 4.78 is 4.55. The van der Waals surface area contributed by atoms with E-state index in [-0.39, 0.29) is 27.4 Å². The minimum atomic E-state index is -0.774. The van der Waals surface area contributed by atoms with E-state index in [9.17, 15) is 19.7 Å². The SMILES string of the molecule is COC(=O)c1cc(C(=O)Nc2nnc(C(C)(C)C)s2)cc([N+](=O)[O-])c1. The quantitative estimate of drug-likeness (QED) is 0.502. The molecule has 0 radical (unpaired) electrons. The highest BCUT2D eigenvalue weighted by Gasteiger charge is 2.22. The van der Waals surface area contributed by atoms with Crippen LogP contribution in [0.5, 0.6) is 0 Å². The number of hydrogen-bond acceptors (Lipinski definition) is 8. The number of nitrogens with zero attached hydrogens (tertiary/aromatic N) is 3. The number of esters is 1. The summed E-state index contributed by atoms with van der Waals surface area (Å²) >= 11 is 1.21. The van der Waals surface area contributed by atoms with E-state index in [4.69, 9.17) is 0 Å². The van der Waals surface area contributed by atoms with Gasteiger partial charge >= 0.3 is 5.97 Å². The van der Waals surface area contributed by atoms with Crippen LogP contribution in [0.4, 0.5) is 10.8 Å². The van der Waals surface area contributed by atoms with Gasteiger partial charge in [0.05, 0.1) is 17.6 Å². The van der Waals surface area contributed by atoms with Gasteiger partial charge in [0.2, 0.25) is 5.13 Å². The van der Waals surface area contributed by atoms with Crippen LogP contribution in [0.2, 0.25) is 0 Å². The van der Waals surface area contributed by atoms with Crippen molar-refractivity contribution in [1.29, 1.82) is 0 Å². The Labute approximate surface area is 147 Å². The lowest BCUT2D eigenvalue weighted by Gasteiger charge is -2.12. The Kier molecular flexibility index (Phi) is 5.12. The Morgan fingerprint density at radius 2 is 1.84 bits per heavy atom. The number of nitro benzene ring substituents is 1. The molecule has 2 aromatic rings. The Balaban J connectivity index is 2.32. The number of non-ortho nitro benzene ring substituents is 1. The molecule has 2 rings (SSSR count). The Morgan fingerprint density at radius 1 is 1.20 bits per heavy atom. The van der Waals surface area contributed by atoms with Crippen LogP contribution in [0.15, 0.2) is 18.2 Å². The zero-order valence-electron chi connectivity index (χ0n) is 14.0. The summed E-state index contributed by atoms with van der Waals surface area (Å²) in [6, 6.07) is 3.35. The average molecular weight is 364 g/mol. The molecule has 0 atom stereocenters. The van der Waals surface area contributed by atoms with Gasteiger partial charge in [0, 0.05) is 23.1 Å².